The SMILES string of the molecule is CCNC(=NCc1cccc(NC(C)=O)c1)NC(C)CC. The monoisotopic (exact) mass is 290 g/mol. The number of benzene rings is 1. The summed E-state index contributed by atoms with van der Waals surface area (Å²) < 4.78 is 0. The zero-order valence-corrected chi connectivity index (χ0v) is 13.4. The molecule has 0 aliphatic rings. The number of hydrogen-bond acceptors (Lipinski definition) is 2. The molecule has 0 heterocycles. The predicted molar refractivity (Wildman–Crippen MR) is 88.5 cm³/mol. The number of carbonyl (C=O) groups excluding carboxylic acids is 1. The number of rotatable bonds is 6. The number of hydrogen-bond donors (Lipinski definition) is 3. The molecule has 0 aromatic heterocycles. The minimum atomic E-state index is -0.0672. The third-order valence-electron chi connectivity index (χ3n) is 3.01. The first-order valence-corrected chi connectivity index (χ1v) is 7.46. The molecule has 21 heavy (non-hydrogen) atoms. The molecular weight excluding hydrogens is 264 g/mol. The molecule has 1 amide bonds. The van der Waals surface area contributed by atoms with Gasteiger partial charge in [0, 0.05) is 25.2 Å². The van der Waals surface area contributed by atoms with Crippen molar-refractivity contribution < 1.29 is 4.79 Å². The van der Waals surface area contributed by atoms with Crippen LogP contribution in [0.15, 0.2) is 29.3 Å². The minimum absolute atomic E-state index is 0.0672. The van der Waals surface area contributed by atoms with E-state index in [4.69, 9.17) is 0 Å². The maximum absolute atomic E-state index is 11.1. The highest BCUT2D eigenvalue weighted by molar-refractivity contribution is 5.88. The van der Waals surface area contributed by atoms with Crippen LogP contribution < -0.4 is 16.0 Å². The number of anilines is 1. The zero-order chi connectivity index (χ0) is 15.7. The Morgan fingerprint density at radius 1 is 1.33 bits per heavy atom. The molecule has 1 unspecified atom stereocenters. The van der Waals surface area contributed by atoms with Crippen LogP contribution in [0.1, 0.15) is 39.7 Å². The molecule has 0 spiro atoms. The van der Waals surface area contributed by atoms with E-state index in [0.717, 1.165) is 30.2 Å². The van der Waals surface area contributed by atoms with E-state index in [0.29, 0.717) is 12.6 Å². The van der Waals surface area contributed by atoms with Crippen molar-refractivity contribution in [1.29, 1.82) is 0 Å². The van der Waals surface area contributed by atoms with Gasteiger partial charge in [0.1, 0.15) is 0 Å². The summed E-state index contributed by atoms with van der Waals surface area (Å²) in [6, 6.07) is 8.12. The summed E-state index contributed by atoms with van der Waals surface area (Å²) in [5, 5.41) is 9.37. The number of nitrogens with one attached hydrogen (secondary N) is 3. The highest BCUT2D eigenvalue weighted by Gasteiger charge is 2.03. The van der Waals surface area contributed by atoms with Crippen LogP contribution >= 0.6 is 0 Å². The smallest absolute Gasteiger partial charge is 0.221 e. The highest BCUT2D eigenvalue weighted by Crippen LogP contribution is 2.11. The molecule has 3 N–H and O–H groups in total. The van der Waals surface area contributed by atoms with Crippen molar-refractivity contribution in [2.75, 3.05) is 11.9 Å². The zero-order valence-electron chi connectivity index (χ0n) is 13.4. The lowest BCUT2D eigenvalue weighted by atomic mass is 10.2. The molecule has 0 radical (unpaired) electrons. The van der Waals surface area contributed by atoms with Gasteiger partial charge in [0.15, 0.2) is 5.96 Å². The molecule has 0 aliphatic carbocycles. The highest BCUT2D eigenvalue weighted by atomic mass is 16.1. The normalized spacial score (nSPS) is 12.7. The number of carbonyl (C=O) groups is 1. The Kier molecular flexibility index (Phi) is 7.29. The molecule has 1 rings (SSSR count). The van der Waals surface area contributed by atoms with Crippen LogP contribution in [0.4, 0.5) is 5.69 Å². The first kappa shape index (κ1) is 17.0. The molecule has 1 aromatic rings. The predicted octanol–water partition coefficient (Wildman–Crippen LogP) is 2.50. The van der Waals surface area contributed by atoms with E-state index in [9.17, 15) is 4.79 Å². The second kappa shape index (κ2) is 9.00. The maximum Gasteiger partial charge on any atom is 0.221 e. The molecule has 0 bridgehead atoms. The van der Waals surface area contributed by atoms with E-state index in [1.165, 1.54) is 6.92 Å². The Morgan fingerprint density at radius 3 is 2.71 bits per heavy atom. The molecule has 0 aliphatic heterocycles. The van der Waals surface area contributed by atoms with Gasteiger partial charge in [-0.15, -0.1) is 0 Å². The summed E-state index contributed by atoms with van der Waals surface area (Å²) >= 11 is 0. The molecule has 0 saturated heterocycles. The molecule has 5 nitrogen and oxygen atoms in total. The van der Waals surface area contributed by atoms with Crippen LogP contribution in [0.2, 0.25) is 0 Å². The Hall–Kier alpha value is -2.04. The van der Waals surface area contributed by atoms with Gasteiger partial charge < -0.3 is 16.0 Å². The fraction of sp³-hybridized carbons (Fsp3) is 0.500. The van der Waals surface area contributed by atoms with Gasteiger partial charge in [-0.2, -0.15) is 0 Å². The fourth-order valence-electron chi connectivity index (χ4n) is 1.78. The van der Waals surface area contributed by atoms with E-state index >= 15 is 0 Å². The van der Waals surface area contributed by atoms with Crippen molar-refractivity contribution in [1.82, 2.24) is 10.6 Å². The van der Waals surface area contributed by atoms with E-state index < -0.39 is 0 Å². The van der Waals surface area contributed by atoms with Crippen LogP contribution in [-0.4, -0.2) is 24.5 Å². The Bertz CT molecular complexity index is 485. The third-order valence-corrected chi connectivity index (χ3v) is 3.01. The largest absolute Gasteiger partial charge is 0.357 e. The summed E-state index contributed by atoms with van der Waals surface area (Å²) in [5.74, 6) is 0.749. The molecule has 0 saturated carbocycles. The van der Waals surface area contributed by atoms with Gasteiger partial charge in [0.25, 0.3) is 0 Å². The summed E-state index contributed by atoms with van der Waals surface area (Å²) in [4.78, 5) is 15.6. The third kappa shape index (κ3) is 6.79. The van der Waals surface area contributed by atoms with E-state index in [1.54, 1.807) is 0 Å². The number of guanidine groups is 1. The lowest BCUT2D eigenvalue weighted by molar-refractivity contribution is -0.114. The van der Waals surface area contributed by atoms with Crippen molar-refractivity contribution >= 4 is 17.6 Å². The van der Waals surface area contributed by atoms with E-state index in [1.807, 2.05) is 31.2 Å². The van der Waals surface area contributed by atoms with Crippen LogP contribution in [0.5, 0.6) is 0 Å². The van der Waals surface area contributed by atoms with Gasteiger partial charge in [-0.1, -0.05) is 19.1 Å². The van der Waals surface area contributed by atoms with Crippen LogP contribution in [0.25, 0.3) is 0 Å². The summed E-state index contributed by atoms with van der Waals surface area (Å²) in [5.41, 5.74) is 1.86. The van der Waals surface area contributed by atoms with Crippen molar-refractivity contribution in [2.24, 2.45) is 4.99 Å². The topological polar surface area (TPSA) is 65.5 Å². The molecule has 0 fully saturated rings. The molecule has 5 heteroatoms. The summed E-state index contributed by atoms with van der Waals surface area (Å²) in [7, 11) is 0. The fourth-order valence-corrected chi connectivity index (χ4v) is 1.78. The first-order chi connectivity index (χ1) is 10.0. The standard InChI is InChI=1S/C16H26N4O/c1-5-12(3)19-16(17-6-2)18-11-14-8-7-9-15(10-14)20-13(4)21/h7-10,12H,5-6,11H2,1-4H3,(H,20,21)(H2,17,18,19). The molecule has 1 atom stereocenters. The number of amides is 1. The summed E-state index contributed by atoms with van der Waals surface area (Å²) in [6.45, 7) is 9.21. The van der Waals surface area contributed by atoms with Gasteiger partial charge in [-0.25, -0.2) is 4.99 Å². The Balaban J connectivity index is 2.72. The number of nitrogens with zero attached hydrogens (tertiary/aromatic N) is 1. The quantitative estimate of drug-likeness (QED) is 0.557. The van der Waals surface area contributed by atoms with Crippen LogP contribution in [0.3, 0.4) is 0 Å². The van der Waals surface area contributed by atoms with Crippen molar-refractivity contribution in [3.8, 4) is 0 Å². The molecular formula is C16H26N4O. The minimum Gasteiger partial charge on any atom is -0.357 e. The van der Waals surface area contributed by atoms with E-state index in [2.05, 4.69) is 34.8 Å². The maximum atomic E-state index is 11.1. The number of aliphatic imine (C=N–C) groups is 1. The van der Waals surface area contributed by atoms with E-state index in [-0.39, 0.29) is 5.91 Å². The second-order valence-corrected chi connectivity index (χ2v) is 5.03. The average Bonchev–Trinajstić information content (AvgIpc) is 2.44. The molecule has 116 valence electrons. The van der Waals surface area contributed by atoms with Crippen LogP contribution in [-0.2, 0) is 11.3 Å². The average molecular weight is 290 g/mol. The lowest BCUT2D eigenvalue weighted by Gasteiger charge is -2.16. The Morgan fingerprint density at radius 2 is 2.10 bits per heavy atom. The van der Waals surface area contributed by atoms with Gasteiger partial charge >= 0.3 is 0 Å². The van der Waals surface area contributed by atoms with Crippen LogP contribution in [0, 0.1) is 0 Å². The van der Waals surface area contributed by atoms with Gasteiger partial charge in [0.05, 0.1) is 6.54 Å². The van der Waals surface area contributed by atoms with Crippen molar-refractivity contribution in [3.05, 3.63) is 29.8 Å². The van der Waals surface area contributed by atoms with Crippen molar-refractivity contribution in [2.45, 2.75) is 46.7 Å². The first-order valence-electron chi connectivity index (χ1n) is 7.46. The summed E-state index contributed by atoms with van der Waals surface area (Å²) in [6.07, 6.45) is 1.04. The van der Waals surface area contributed by atoms with Crippen molar-refractivity contribution in [3.63, 3.8) is 0 Å². The second-order valence-electron chi connectivity index (χ2n) is 5.03. The van der Waals surface area contributed by atoms with Gasteiger partial charge in [-0.05, 0) is 38.0 Å². The Labute approximate surface area is 127 Å². The van der Waals surface area contributed by atoms with Gasteiger partial charge in [0.2, 0.25) is 5.91 Å². The lowest BCUT2D eigenvalue weighted by Crippen LogP contribution is -2.41. The van der Waals surface area contributed by atoms with Gasteiger partial charge in [-0.3, -0.25) is 4.79 Å². The molecule has 1 aromatic carbocycles.